The van der Waals surface area contributed by atoms with Crippen molar-refractivity contribution < 1.29 is 28.9 Å². The van der Waals surface area contributed by atoms with Crippen molar-refractivity contribution in [2.24, 2.45) is 0 Å². The molecule has 0 amide bonds. The van der Waals surface area contributed by atoms with E-state index in [-0.39, 0.29) is 19.5 Å². The molecule has 2 nitrogen and oxygen atoms in total. The zero-order chi connectivity index (χ0) is 22.8. The second-order valence-electron chi connectivity index (χ2n) is 8.92. The third kappa shape index (κ3) is 18.1. The second kappa shape index (κ2) is 21.1. The van der Waals surface area contributed by atoms with Gasteiger partial charge in [0, 0.05) is 0 Å². The van der Waals surface area contributed by atoms with Crippen molar-refractivity contribution in [1.82, 2.24) is 0 Å². The maximum Gasteiger partial charge on any atom is 2.00 e. The monoisotopic (exact) mass is 548 g/mol. The molecule has 1 rings (SSSR count). The van der Waals surface area contributed by atoms with Gasteiger partial charge in [-0.3, -0.25) is 0 Å². The molecule has 180 valence electrons. The molecule has 0 aliphatic carbocycles. The average molecular weight is 550 g/mol. The molecule has 0 saturated heterocycles. The summed E-state index contributed by atoms with van der Waals surface area (Å²) in [4.78, 5) is 11.7. The van der Waals surface area contributed by atoms with E-state index >= 15 is 0 Å². The molecule has 0 bridgehead atoms. The Morgan fingerprint density at radius 2 is 1.06 bits per heavy atom. The molecule has 1 aromatic rings. The first-order valence-electron chi connectivity index (χ1n) is 12.8. The summed E-state index contributed by atoms with van der Waals surface area (Å²) in [7, 11) is 0. The van der Waals surface area contributed by atoms with E-state index in [4.69, 9.17) is 29.0 Å². The summed E-state index contributed by atoms with van der Waals surface area (Å²) in [5.74, 6) is 0.572. The van der Waals surface area contributed by atoms with Crippen molar-refractivity contribution in [2.45, 2.75) is 129 Å². The largest absolute Gasteiger partial charge is 2.00 e. The van der Waals surface area contributed by atoms with Crippen molar-refractivity contribution in [3.05, 3.63) is 29.3 Å². The number of aryl methyl sites for hydroxylation is 2. The van der Waals surface area contributed by atoms with Crippen molar-refractivity contribution in [1.29, 1.82) is 0 Å². The Hall–Kier alpha value is 0.733. The van der Waals surface area contributed by atoms with Crippen LogP contribution in [0.1, 0.15) is 128 Å². The smallest absolute Gasteiger partial charge is 0.682 e. The SMILES string of the molecule is CCCCCCCCCCc1ccc(O[P+]([O-])([S-])[S-])cc1CCCCCCCCCC.[Zn+2]. The number of hydrogen-bond donors (Lipinski definition) is 0. The van der Waals surface area contributed by atoms with Crippen LogP contribution in [0.25, 0.3) is 0 Å². The van der Waals surface area contributed by atoms with Gasteiger partial charge in [-0.25, -0.2) is 0 Å². The minimum absolute atomic E-state index is 0. The summed E-state index contributed by atoms with van der Waals surface area (Å²) >= 11 is 9.59. The Labute approximate surface area is 223 Å². The second-order valence-corrected chi connectivity index (χ2v) is 13.6. The van der Waals surface area contributed by atoms with Crippen LogP contribution in [0.15, 0.2) is 18.2 Å². The van der Waals surface area contributed by atoms with Gasteiger partial charge in [0.25, 0.3) is 0 Å². The Morgan fingerprint density at radius 1 is 0.656 bits per heavy atom. The third-order valence-corrected chi connectivity index (χ3v) is 6.88. The molecule has 0 aliphatic rings. The van der Waals surface area contributed by atoms with Gasteiger partial charge in [-0.1, -0.05) is 110 Å². The topological polar surface area (TPSA) is 32.3 Å². The molecule has 0 aromatic heterocycles. The minimum atomic E-state index is -3.35. The first kappa shape index (κ1) is 32.7. The van der Waals surface area contributed by atoms with E-state index in [9.17, 15) is 4.89 Å². The Kier molecular flexibility index (Phi) is 21.5. The molecule has 0 atom stereocenters. The fourth-order valence-corrected chi connectivity index (χ4v) is 5.05. The maximum atomic E-state index is 11.7. The molecule has 0 heterocycles. The molecule has 32 heavy (non-hydrogen) atoms. The zero-order valence-electron chi connectivity index (χ0n) is 20.7. The molecule has 1 aromatic carbocycles. The van der Waals surface area contributed by atoms with Gasteiger partial charge in [0.1, 0.15) is 0 Å². The summed E-state index contributed by atoms with van der Waals surface area (Å²) in [6.07, 6.45) is 20.1. The predicted molar refractivity (Wildman–Crippen MR) is 141 cm³/mol. The maximum absolute atomic E-state index is 11.7. The van der Waals surface area contributed by atoms with E-state index < -0.39 is 6.12 Å². The minimum Gasteiger partial charge on any atom is -0.682 e. The van der Waals surface area contributed by atoms with Crippen LogP contribution >= 0.6 is 6.12 Å². The number of rotatable bonds is 20. The van der Waals surface area contributed by atoms with Crippen LogP contribution in [0, 0.1) is 0 Å². The first-order valence-corrected chi connectivity index (χ1v) is 16.4. The van der Waals surface area contributed by atoms with E-state index in [1.807, 2.05) is 12.1 Å². The number of unbranched alkanes of at least 4 members (excludes halogenated alkanes) is 14. The predicted octanol–water partition coefficient (Wildman–Crippen LogP) is 8.56. The summed E-state index contributed by atoms with van der Waals surface area (Å²) in [6.45, 7) is 4.53. The summed E-state index contributed by atoms with van der Waals surface area (Å²) in [5, 5.41) is 0. The molecular formula is C26H45O2PS2Zn. The van der Waals surface area contributed by atoms with Crippen molar-refractivity contribution >= 4 is 30.6 Å². The van der Waals surface area contributed by atoms with Gasteiger partial charge >= 0.3 is 19.5 Å². The van der Waals surface area contributed by atoms with Gasteiger partial charge in [0.15, 0.2) is 5.75 Å². The van der Waals surface area contributed by atoms with Gasteiger partial charge in [0.2, 0.25) is 0 Å². The molecule has 0 unspecified atom stereocenters. The molecule has 6 heteroatoms. The van der Waals surface area contributed by atoms with Gasteiger partial charge in [-0.15, -0.1) is 6.12 Å². The van der Waals surface area contributed by atoms with Gasteiger partial charge in [-0.05, 0) is 48.9 Å². The van der Waals surface area contributed by atoms with Crippen molar-refractivity contribution in [3.8, 4) is 5.75 Å². The van der Waals surface area contributed by atoms with Crippen LogP contribution < -0.4 is 9.42 Å². The van der Waals surface area contributed by atoms with Crippen LogP contribution in [0.2, 0.25) is 0 Å². The zero-order valence-corrected chi connectivity index (χ0v) is 26.2. The van der Waals surface area contributed by atoms with Crippen LogP contribution in [0.5, 0.6) is 5.75 Å². The molecule has 0 fully saturated rings. The average Bonchev–Trinajstić information content (AvgIpc) is 2.72. The van der Waals surface area contributed by atoms with Crippen LogP contribution in [0.3, 0.4) is 0 Å². The van der Waals surface area contributed by atoms with E-state index in [1.54, 1.807) is 0 Å². The molecule has 0 radical (unpaired) electrons. The van der Waals surface area contributed by atoms with E-state index in [0.29, 0.717) is 5.75 Å². The first-order chi connectivity index (χ1) is 15.0. The van der Waals surface area contributed by atoms with Gasteiger partial charge < -0.3 is 33.9 Å². The van der Waals surface area contributed by atoms with Gasteiger partial charge in [0.05, 0.1) is 0 Å². The quantitative estimate of drug-likeness (QED) is 0.0705. The van der Waals surface area contributed by atoms with Crippen LogP contribution in [-0.2, 0) is 56.8 Å². The van der Waals surface area contributed by atoms with Gasteiger partial charge in [-0.2, -0.15) is 0 Å². The fourth-order valence-electron chi connectivity index (χ4n) is 4.16. The number of hydrogen-bond acceptors (Lipinski definition) is 4. The molecule has 0 saturated carbocycles. The van der Waals surface area contributed by atoms with Crippen molar-refractivity contribution in [2.75, 3.05) is 0 Å². The van der Waals surface area contributed by atoms with E-state index in [2.05, 4.69) is 19.9 Å². The van der Waals surface area contributed by atoms with E-state index in [0.717, 1.165) is 12.8 Å². The fraction of sp³-hybridized carbons (Fsp3) is 0.769. The standard InChI is InChI=1S/C26H47O2PS2.Zn/c1-3-5-7-9-11-13-15-17-19-24-21-22-26(28-29(27,30)31)23-25(24)20-18-16-14-12-10-8-6-4-2;/h21-23H,3-20H2,1-2H3,(H2,27,30,31);/q;+2/p-2. The summed E-state index contributed by atoms with van der Waals surface area (Å²) in [5.41, 5.74) is 2.73. The summed E-state index contributed by atoms with van der Waals surface area (Å²) in [6, 6.07) is 6.06. The van der Waals surface area contributed by atoms with E-state index in [1.165, 1.54) is 114 Å². The molecule has 0 aliphatic heterocycles. The summed E-state index contributed by atoms with van der Waals surface area (Å²) < 4.78 is 5.35. The Balaban J connectivity index is 0.00000961. The Bertz CT molecular complexity index is 567. The molecule has 0 N–H and O–H groups in total. The molecule has 0 spiro atoms. The van der Waals surface area contributed by atoms with Crippen LogP contribution in [-0.4, -0.2) is 0 Å². The molecular weight excluding hydrogens is 505 g/mol. The Morgan fingerprint density at radius 3 is 1.50 bits per heavy atom. The van der Waals surface area contributed by atoms with Crippen LogP contribution in [0.4, 0.5) is 0 Å². The number of benzene rings is 1. The normalized spacial score (nSPS) is 11.4. The van der Waals surface area contributed by atoms with Crippen molar-refractivity contribution in [3.63, 3.8) is 0 Å². The third-order valence-electron chi connectivity index (χ3n) is 5.99.